The van der Waals surface area contributed by atoms with Crippen LogP contribution in [0.1, 0.15) is 37.3 Å². The summed E-state index contributed by atoms with van der Waals surface area (Å²) < 4.78 is 48.5. The standard InChI is InChI=1S/C19H28F2N2O2S/c1-19(15-16-3-5-17(6-4-16)18(20)21)7-2-8-23(19)10-9-22-11-13-26(24,25)14-12-22/h3-6,18H,2,7-15H2,1H3. The topological polar surface area (TPSA) is 40.6 Å². The molecular weight excluding hydrogens is 358 g/mol. The highest BCUT2D eigenvalue weighted by Gasteiger charge is 2.36. The Bertz CT molecular complexity index is 695. The molecule has 0 N–H and O–H groups in total. The fourth-order valence-corrected chi connectivity index (χ4v) is 5.39. The second-order valence-electron chi connectivity index (χ2n) is 7.80. The molecule has 0 aliphatic carbocycles. The molecule has 2 fully saturated rings. The molecule has 0 amide bonds. The highest BCUT2D eigenvalue weighted by molar-refractivity contribution is 7.91. The van der Waals surface area contributed by atoms with Gasteiger partial charge >= 0.3 is 0 Å². The van der Waals surface area contributed by atoms with Crippen molar-refractivity contribution in [3.05, 3.63) is 35.4 Å². The van der Waals surface area contributed by atoms with Crippen molar-refractivity contribution in [3.8, 4) is 0 Å². The Morgan fingerprint density at radius 1 is 1.08 bits per heavy atom. The third-order valence-electron chi connectivity index (χ3n) is 5.85. The summed E-state index contributed by atoms with van der Waals surface area (Å²) in [7, 11) is -2.83. The molecule has 0 saturated carbocycles. The first-order chi connectivity index (χ1) is 12.3. The molecule has 1 unspecified atom stereocenters. The van der Waals surface area contributed by atoms with Crippen molar-refractivity contribution in [2.75, 3.05) is 44.2 Å². The van der Waals surface area contributed by atoms with E-state index in [-0.39, 0.29) is 22.6 Å². The third kappa shape index (κ3) is 4.81. The van der Waals surface area contributed by atoms with Gasteiger partial charge in [-0.1, -0.05) is 24.3 Å². The first kappa shape index (κ1) is 19.7. The Balaban J connectivity index is 1.56. The quantitative estimate of drug-likeness (QED) is 0.754. The SMILES string of the molecule is CC1(Cc2ccc(C(F)F)cc2)CCCN1CCN1CCS(=O)(=O)CC1. The van der Waals surface area contributed by atoms with E-state index < -0.39 is 16.3 Å². The number of benzene rings is 1. The Morgan fingerprint density at radius 3 is 2.35 bits per heavy atom. The van der Waals surface area contributed by atoms with Gasteiger partial charge in [-0.25, -0.2) is 17.2 Å². The number of sulfone groups is 1. The average Bonchev–Trinajstić information content (AvgIpc) is 2.95. The van der Waals surface area contributed by atoms with Gasteiger partial charge in [-0.2, -0.15) is 0 Å². The predicted octanol–water partition coefficient (Wildman–Crippen LogP) is 2.75. The number of rotatable bonds is 6. The maximum absolute atomic E-state index is 12.7. The number of halogens is 2. The predicted molar refractivity (Wildman–Crippen MR) is 99.4 cm³/mol. The smallest absolute Gasteiger partial charge is 0.263 e. The van der Waals surface area contributed by atoms with Gasteiger partial charge in [0.25, 0.3) is 6.43 Å². The van der Waals surface area contributed by atoms with Crippen molar-refractivity contribution in [3.63, 3.8) is 0 Å². The van der Waals surface area contributed by atoms with Crippen LogP contribution in [0.25, 0.3) is 0 Å². The summed E-state index contributed by atoms with van der Waals surface area (Å²) in [6.45, 7) is 6.35. The van der Waals surface area contributed by atoms with E-state index in [2.05, 4.69) is 16.7 Å². The fourth-order valence-electron chi connectivity index (χ4n) is 4.12. The molecule has 7 heteroatoms. The zero-order valence-corrected chi connectivity index (χ0v) is 16.1. The lowest BCUT2D eigenvalue weighted by atomic mass is 9.90. The van der Waals surface area contributed by atoms with Crippen LogP contribution in [0.15, 0.2) is 24.3 Å². The van der Waals surface area contributed by atoms with Crippen LogP contribution in [0.4, 0.5) is 8.78 Å². The van der Waals surface area contributed by atoms with E-state index in [1.165, 1.54) is 12.1 Å². The van der Waals surface area contributed by atoms with Crippen LogP contribution >= 0.6 is 0 Å². The number of alkyl halides is 2. The van der Waals surface area contributed by atoms with Gasteiger partial charge in [-0.3, -0.25) is 4.90 Å². The normalized spacial score (nSPS) is 27.2. The molecule has 2 saturated heterocycles. The minimum atomic E-state index is -2.83. The summed E-state index contributed by atoms with van der Waals surface area (Å²) in [5.41, 5.74) is 1.20. The molecule has 0 radical (unpaired) electrons. The van der Waals surface area contributed by atoms with Gasteiger partial charge in [0.1, 0.15) is 0 Å². The van der Waals surface area contributed by atoms with Crippen molar-refractivity contribution in [1.82, 2.24) is 9.80 Å². The zero-order valence-electron chi connectivity index (χ0n) is 15.3. The average molecular weight is 387 g/mol. The van der Waals surface area contributed by atoms with Gasteiger partial charge in [-0.05, 0) is 38.3 Å². The third-order valence-corrected chi connectivity index (χ3v) is 7.46. The van der Waals surface area contributed by atoms with Gasteiger partial charge in [0.2, 0.25) is 0 Å². The zero-order chi connectivity index (χ0) is 18.8. The van der Waals surface area contributed by atoms with E-state index in [0.29, 0.717) is 13.1 Å². The van der Waals surface area contributed by atoms with Crippen LogP contribution in [0.5, 0.6) is 0 Å². The van der Waals surface area contributed by atoms with Gasteiger partial charge in [0, 0.05) is 37.3 Å². The molecule has 1 aromatic carbocycles. The Labute approximate surface area is 155 Å². The molecule has 0 aromatic heterocycles. The summed E-state index contributed by atoms with van der Waals surface area (Å²) in [6, 6.07) is 6.69. The maximum atomic E-state index is 12.7. The summed E-state index contributed by atoms with van der Waals surface area (Å²) in [5.74, 6) is 0.529. The van der Waals surface area contributed by atoms with E-state index in [9.17, 15) is 17.2 Å². The Hall–Kier alpha value is -1.05. The Morgan fingerprint density at radius 2 is 1.73 bits per heavy atom. The molecular formula is C19H28F2N2O2S. The van der Waals surface area contributed by atoms with E-state index in [1.54, 1.807) is 0 Å². The molecule has 1 atom stereocenters. The molecule has 0 bridgehead atoms. The molecule has 2 heterocycles. The second-order valence-corrected chi connectivity index (χ2v) is 10.1. The van der Waals surface area contributed by atoms with Crippen LogP contribution < -0.4 is 0 Å². The van der Waals surface area contributed by atoms with Gasteiger partial charge in [-0.15, -0.1) is 0 Å². The van der Waals surface area contributed by atoms with Crippen molar-refractivity contribution in [1.29, 1.82) is 0 Å². The minimum Gasteiger partial charge on any atom is -0.300 e. The Kier molecular flexibility index (Phi) is 5.99. The first-order valence-corrected chi connectivity index (χ1v) is 11.1. The highest BCUT2D eigenvalue weighted by atomic mass is 32.2. The van der Waals surface area contributed by atoms with Gasteiger partial charge in [0.15, 0.2) is 9.84 Å². The van der Waals surface area contributed by atoms with Crippen LogP contribution in [0.2, 0.25) is 0 Å². The van der Waals surface area contributed by atoms with Crippen molar-refractivity contribution in [2.24, 2.45) is 0 Å². The second kappa shape index (κ2) is 7.90. The molecule has 4 nitrogen and oxygen atoms in total. The number of hydrogen-bond acceptors (Lipinski definition) is 4. The highest BCUT2D eigenvalue weighted by Crippen LogP contribution is 2.32. The molecule has 1 aromatic rings. The van der Waals surface area contributed by atoms with E-state index in [0.717, 1.165) is 44.5 Å². The molecule has 146 valence electrons. The monoisotopic (exact) mass is 386 g/mol. The number of nitrogens with zero attached hydrogens (tertiary/aromatic N) is 2. The molecule has 2 aliphatic heterocycles. The summed E-state index contributed by atoms with van der Waals surface area (Å²) in [5, 5.41) is 0. The van der Waals surface area contributed by atoms with Crippen molar-refractivity contribution in [2.45, 2.75) is 38.2 Å². The minimum absolute atomic E-state index is 0.0359. The van der Waals surface area contributed by atoms with Crippen LogP contribution in [-0.2, 0) is 16.3 Å². The first-order valence-electron chi connectivity index (χ1n) is 9.32. The lowest BCUT2D eigenvalue weighted by Crippen LogP contribution is -2.48. The summed E-state index contributed by atoms with van der Waals surface area (Å²) in [4.78, 5) is 4.72. The summed E-state index contributed by atoms with van der Waals surface area (Å²) >= 11 is 0. The lowest BCUT2D eigenvalue weighted by Gasteiger charge is -2.37. The largest absolute Gasteiger partial charge is 0.300 e. The van der Waals surface area contributed by atoms with E-state index in [4.69, 9.17) is 0 Å². The molecule has 3 rings (SSSR count). The van der Waals surface area contributed by atoms with E-state index in [1.807, 2.05) is 12.1 Å². The van der Waals surface area contributed by atoms with Crippen molar-refractivity contribution < 1.29 is 17.2 Å². The van der Waals surface area contributed by atoms with Crippen LogP contribution in [0, 0.1) is 0 Å². The van der Waals surface area contributed by atoms with Crippen LogP contribution in [-0.4, -0.2) is 68.0 Å². The molecule has 0 spiro atoms. The molecule has 2 aliphatic rings. The van der Waals surface area contributed by atoms with Crippen LogP contribution in [0.3, 0.4) is 0 Å². The lowest BCUT2D eigenvalue weighted by molar-refractivity contribution is 0.133. The number of hydrogen-bond donors (Lipinski definition) is 0. The van der Waals surface area contributed by atoms with E-state index >= 15 is 0 Å². The number of likely N-dealkylation sites (tertiary alicyclic amines) is 1. The molecule has 26 heavy (non-hydrogen) atoms. The summed E-state index contributed by atoms with van der Waals surface area (Å²) in [6.07, 6.45) is 0.666. The maximum Gasteiger partial charge on any atom is 0.263 e. The van der Waals surface area contributed by atoms with Gasteiger partial charge in [0.05, 0.1) is 11.5 Å². The fraction of sp³-hybridized carbons (Fsp3) is 0.684. The van der Waals surface area contributed by atoms with Crippen molar-refractivity contribution >= 4 is 9.84 Å². The van der Waals surface area contributed by atoms with Gasteiger partial charge < -0.3 is 4.90 Å².